The third-order valence-electron chi connectivity index (χ3n) is 2.69. The summed E-state index contributed by atoms with van der Waals surface area (Å²) in [5.74, 6) is -0.505. The lowest BCUT2D eigenvalue weighted by Crippen LogP contribution is -2.30. The number of rotatable bonds is 5. The molecule has 1 aromatic rings. The molecule has 4 nitrogen and oxygen atoms in total. The molecule has 1 amide bonds. The fourth-order valence-corrected chi connectivity index (χ4v) is 2.00. The summed E-state index contributed by atoms with van der Waals surface area (Å²) in [7, 11) is 2.93. The Morgan fingerprint density at radius 1 is 1.26 bits per heavy atom. The molecule has 0 saturated heterocycles. The summed E-state index contributed by atoms with van der Waals surface area (Å²) < 4.78 is 4.52. The Balaban J connectivity index is 2.61. The highest BCUT2D eigenvalue weighted by Gasteiger charge is 2.15. The zero-order valence-electron chi connectivity index (χ0n) is 10.8. The molecule has 0 aliphatic heterocycles. The van der Waals surface area contributed by atoms with Crippen molar-refractivity contribution in [1.82, 2.24) is 4.90 Å². The number of benzene rings is 1. The van der Waals surface area contributed by atoms with Gasteiger partial charge >= 0.3 is 5.97 Å². The zero-order chi connectivity index (χ0) is 14.4. The highest BCUT2D eigenvalue weighted by atomic mass is 35.5. The number of hydrogen-bond donors (Lipinski definition) is 0. The van der Waals surface area contributed by atoms with E-state index in [1.54, 1.807) is 25.2 Å². The van der Waals surface area contributed by atoms with E-state index in [-0.39, 0.29) is 24.7 Å². The molecule has 0 spiro atoms. The molecule has 0 unspecified atom stereocenters. The van der Waals surface area contributed by atoms with Crippen LogP contribution in [0.2, 0.25) is 10.0 Å². The van der Waals surface area contributed by atoms with E-state index >= 15 is 0 Å². The zero-order valence-corrected chi connectivity index (χ0v) is 12.3. The first-order chi connectivity index (χ1) is 8.95. The Bertz CT molecular complexity index is 457. The van der Waals surface area contributed by atoms with Gasteiger partial charge in [0.2, 0.25) is 5.91 Å². The van der Waals surface area contributed by atoms with Crippen molar-refractivity contribution in [3.63, 3.8) is 0 Å². The van der Waals surface area contributed by atoms with E-state index < -0.39 is 0 Å². The van der Waals surface area contributed by atoms with Crippen LogP contribution in [0.25, 0.3) is 0 Å². The second kappa shape index (κ2) is 7.36. The van der Waals surface area contributed by atoms with Crippen molar-refractivity contribution >= 4 is 35.1 Å². The van der Waals surface area contributed by atoms with Gasteiger partial charge in [-0.15, -0.1) is 0 Å². The molecule has 0 aromatic heterocycles. The number of esters is 1. The fraction of sp³-hybridized carbons (Fsp3) is 0.385. The molecule has 1 rings (SSSR count). The van der Waals surface area contributed by atoms with E-state index in [0.29, 0.717) is 22.2 Å². The number of likely N-dealkylation sites (N-methyl/N-ethyl adjacent to an activating group) is 1. The Hall–Kier alpha value is -1.26. The molecular formula is C13H15Cl2NO3. The van der Waals surface area contributed by atoms with Crippen LogP contribution in [0.1, 0.15) is 12.0 Å². The first-order valence-corrected chi connectivity index (χ1v) is 6.45. The summed E-state index contributed by atoms with van der Waals surface area (Å²) in [5.41, 5.74) is 0.598. The van der Waals surface area contributed by atoms with Crippen molar-refractivity contribution in [3.05, 3.63) is 33.8 Å². The van der Waals surface area contributed by atoms with Gasteiger partial charge in [0, 0.05) is 23.6 Å². The molecule has 0 N–H and O–H groups in total. The minimum Gasteiger partial charge on any atom is -0.469 e. The summed E-state index contributed by atoms with van der Waals surface area (Å²) in [6.45, 7) is 0.299. The third-order valence-corrected chi connectivity index (χ3v) is 3.40. The first kappa shape index (κ1) is 15.8. The van der Waals surface area contributed by atoms with Crippen molar-refractivity contribution in [2.45, 2.75) is 12.8 Å². The highest BCUT2D eigenvalue weighted by molar-refractivity contribution is 6.36. The Morgan fingerprint density at radius 2 is 1.84 bits per heavy atom. The maximum Gasteiger partial charge on any atom is 0.307 e. The SMILES string of the molecule is COC(=O)CCN(C)C(=O)Cc1c(Cl)cccc1Cl. The average Bonchev–Trinajstić information content (AvgIpc) is 2.39. The van der Waals surface area contributed by atoms with E-state index in [4.69, 9.17) is 23.2 Å². The smallest absolute Gasteiger partial charge is 0.307 e. The first-order valence-electron chi connectivity index (χ1n) is 5.69. The van der Waals surface area contributed by atoms with E-state index in [2.05, 4.69) is 4.74 Å². The quantitative estimate of drug-likeness (QED) is 0.785. The van der Waals surface area contributed by atoms with Gasteiger partial charge in [0.1, 0.15) is 0 Å². The van der Waals surface area contributed by atoms with Gasteiger partial charge in [-0.25, -0.2) is 0 Å². The van der Waals surface area contributed by atoms with E-state index in [1.807, 2.05) is 0 Å². The van der Waals surface area contributed by atoms with Crippen molar-refractivity contribution in [1.29, 1.82) is 0 Å². The van der Waals surface area contributed by atoms with Crippen molar-refractivity contribution in [3.8, 4) is 0 Å². The van der Waals surface area contributed by atoms with Crippen LogP contribution in [0.5, 0.6) is 0 Å². The van der Waals surface area contributed by atoms with Crippen molar-refractivity contribution in [2.24, 2.45) is 0 Å². The topological polar surface area (TPSA) is 46.6 Å². The molecule has 0 saturated carbocycles. The predicted octanol–water partition coefficient (Wildman–Crippen LogP) is 2.56. The van der Waals surface area contributed by atoms with Crippen LogP contribution in [0.4, 0.5) is 0 Å². The normalized spacial score (nSPS) is 10.1. The Labute approximate surface area is 122 Å². The Morgan fingerprint density at radius 3 is 2.37 bits per heavy atom. The summed E-state index contributed by atoms with van der Waals surface area (Å²) in [6, 6.07) is 5.09. The summed E-state index contributed by atoms with van der Waals surface area (Å²) in [5, 5.41) is 0.921. The number of hydrogen-bond acceptors (Lipinski definition) is 3. The minimum absolute atomic E-state index is 0.107. The molecule has 0 aliphatic rings. The van der Waals surface area contributed by atoms with Gasteiger partial charge in [-0.05, 0) is 17.7 Å². The second-order valence-corrected chi connectivity index (χ2v) is 4.83. The number of amides is 1. The van der Waals surface area contributed by atoms with Gasteiger partial charge in [-0.3, -0.25) is 9.59 Å². The van der Waals surface area contributed by atoms with Crippen LogP contribution in [-0.2, 0) is 20.7 Å². The number of halogens is 2. The van der Waals surface area contributed by atoms with Crippen molar-refractivity contribution < 1.29 is 14.3 Å². The molecule has 0 fully saturated rings. The lowest BCUT2D eigenvalue weighted by Gasteiger charge is -2.17. The highest BCUT2D eigenvalue weighted by Crippen LogP contribution is 2.25. The van der Waals surface area contributed by atoms with Crippen LogP contribution < -0.4 is 0 Å². The number of methoxy groups -OCH3 is 1. The average molecular weight is 304 g/mol. The molecule has 0 bridgehead atoms. The van der Waals surface area contributed by atoms with Gasteiger partial charge in [-0.2, -0.15) is 0 Å². The monoisotopic (exact) mass is 303 g/mol. The number of nitrogens with zero attached hydrogens (tertiary/aromatic N) is 1. The standard InChI is InChI=1S/C13H15Cl2NO3/c1-16(7-6-13(18)19-2)12(17)8-9-10(14)4-3-5-11(9)15/h3-5H,6-8H2,1-2H3. The van der Waals surface area contributed by atoms with Crippen LogP contribution in [0.3, 0.4) is 0 Å². The van der Waals surface area contributed by atoms with E-state index in [9.17, 15) is 9.59 Å². The predicted molar refractivity (Wildman–Crippen MR) is 74.4 cm³/mol. The molecule has 0 heterocycles. The fourth-order valence-electron chi connectivity index (χ4n) is 1.47. The minimum atomic E-state index is -0.351. The van der Waals surface area contributed by atoms with Gasteiger partial charge in [0.05, 0.1) is 20.0 Å². The Kier molecular flexibility index (Phi) is 6.12. The second-order valence-electron chi connectivity index (χ2n) is 4.02. The maximum atomic E-state index is 12.0. The van der Waals surface area contributed by atoms with Crippen LogP contribution in [-0.4, -0.2) is 37.5 Å². The van der Waals surface area contributed by atoms with E-state index in [0.717, 1.165) is 0 Å². The van der Waals surface area contributed by atoms with Gasteiger partial charge < -0.3 is 9.64 Å². The number of ether oxygens (including phenoxy) is 1. The van der Waals surface area contributed by atoms with Gasteiger partial charge in [-0.1, -0.05) is 29.3 Å². The van der Waals surface area contributed by atoms with Crippen LogP contribution in [0, 0.1) is 0 Å². The molecule has 104 valence electrons. The number of carbonyl (C=O) groups is 2. The molecular weight excluding hydrogens is 289 g/mol. The maximum absolute atomic E-state index is 12.0. The van der Waals surface area contributed by atoms with Crippen LogP contribution in [0.15, 0.2) is 18.2 Å². The van der Waals surface area contributed by atoms with Gasteiger partial charge in [0.25, 0.3) is 0 Å². The van der Waals surface area contributed by atoms with Gasteiger partial charge in [0.15, 0.2) is 0 Å². The molecule has 0 atom stereocenters. The molecule has 6 heteroatoms. The molecule has 19 heavy (non-hydrogen) atoms. The largest absolute Gasteiger partial charge is 0.469 e. The molecule has 0 radical (unpaired) electrons. The molecule has 0 aliphatic carbocycles. The van der Waals surface area contributed by atoms with E-state index in [1.165, 1.54) is 12.0 Å². The summed E-state index contributed by atoms with van der Waals surface area (Å²) in [4.78, 5) is 24.4. The molecule has 1 aromatic carbocycles. The number of carbonyl (C=O) groups excluding carboxylic acids is 2. The lowest BCUT2D eigenvalue weighted by molar-refractivity contribution is -0.141. The third kappa shape index (κ3) is 4.73. The summed E-state index contributed by atoms with van der Waals surface area (Å²) >= 11 is 12.0. The van der Waals surface area contributed by atoms with Crippen molar-refractivity contribution in [2.75, 3.05) is 20.7 Å². The lowest BCUT2D eigenvalue weighted by atomic mass is 10.1. The van der Waals surface area contributed by atoms with Crippen LogP contribution >= 0.6 is 23.2 Å². The summed E-state index contributed by atoms with van der Waals surface area (Å²) in [6.07, 6.45) is 0.269.